The molecular formula is C11H15N3O4S. The van der Waals surface area contributed by atoms with Crippen molar-refractivity contribution >= 4 is 27.6 Å². The summed E-state index contributed by atoms with van der Waals surface area (Å²) in [5, 5.41) is 9.03. The molecule has 0 bridgehead atoms. The third-order valence-electron chi connectivity index (χ3n) is 2.92. The third kappa shape index (κ3) is 2.96. The third-order valence-corrected chi connectivity index (χ3v) is 4.44. The monoisotopic (exact) mass is 285 g/mol. The van der Waals surface area contributed by atoms with Gasteiger partial charge >= 0.3 is 16.2 Å². The van der Waals surface area contributed by atoms with E-state index in [-0.39, 0.29) is 11.3 Å². The molecule has 0 unspecified atom stereocenters. The van der Waals surface area contributed by atoms with E-state index in [1.807, 2.05) is 0 Å². The van der Waals surface area contributed by atoms with Crippen molar-refractivity contribution in [2.24, 2.45) is 0 Å². The van der Waals surface area contributed by atoms with Crippen molar-refractivity contribution in [2.75, 3.05) is 23.5 Å². The van der Waals surface area contributed by atoms with Gasteiger partial charge in [-0.2, -0.15) is 12.7 Å². The number of carboxylic acids is 1. The number of nitrogen functional groups attached to an aromatic ring is 1. The van der Waals surface area contributed by atoms with Gasteiger partial charge in [-0.25, -0.2) is 4.79 Å². The van der Waals surface area contributed by atoms with E-state index in [0.29, 0.717) is 18.8 Å². The Labute approximate surface area is 111 Å². The zero-order valence-electron chi connectivity index (χ0n) is 10.2. The molecule has 1 aliphatic rings. The lowest BCUT2D eigenvalue weighted by molar-refractivity contribution is 0.0698. The molecule has 1 aliphatic heterocycles. The Kier molecular flexibility index (Phi) is 3.63. The number of hydrogen-bond donors (Lipinski definition) is 3. The Hall–Kier alpha value is -1.80. The van der Waals surface area contributed by atoms with Crippen LogP contribution in [0.4, 0.5) is 11.4 Å². The van der Waals surface area contributed by atoms with Gasteiger partial charge in [-0.05, 0) is 31.0 Å². The van der Waals surface area contributed by atoms with Crippen molar-refractivity contribution in [1.29, 1.82) is 0 Å². The summed E-state index contributed by atoms with van der Waals surface area (Å²) in [5.74, 6) is -1.21. The maximum Gasteiger partial charge on any atom is 0.337 e. The van der Waals surface area contributed by atoms with E-state index in [0.717, 1.165) is 12.8 Å². The molecule has 7 nitrogen and oxygen atoms in total. The number of carboxylic acid groups (broad SMARTS) is 1. The number of anilines is 2. The molecule has 0 saturated carbocycles. The van der Waals surface area contributed by atoms with E-state index < -0.39 is 16.2 Å². The highest BCUT2D eigenvalue weighted by molar-refractivity contribution is 7.90. The van der Waals surface area contributed by atoms with Crippen molar-refractivity contribution in [1.82, 2.24) is 4.31 Å². The van der Waals surface area contributed by atoms with Crippen molar-refractivity contribution in [3.63, 3.8) is 0 Å². The predicted octanol–water partition coefficient (Wildman–Crippen LogP) is 0.720. The highest BCUT2D eigenvalue weighted by Crippen LogP contribution is 2.22. The van der Waals surface area contributed by atoms with Gasteiger partial charge in [-0.1, -0.05) is 0 Å². The second kappa shape index (κ2) is 5.06. The second-order valence-electron chi connectivity index (χ2n) is 4.32. The summed E-state index contributed by atoms with van der Waals surface area (Å²) in [7, 11) is -3.72. The van der Waals surface area contributed by atoms with Crippen LogP contribution >= 0.6 is 0 Å². The highest BCUT2D eigenvalue weighted by Gasteiger charge is 2.26. The Morgan fingerprint density at radius 3 is 2.53 bits per heavy atom. The average molecular weight is 285 g/mol. The van der Waals surface area contributed by atoms with Crippen LogP contribution in [0.1, 0.15) is 23.2 Å². The minimum Gasteiger partial charge on any atom is -0.478 e. The van der Waals surface area contributed by atoms with Crippen LogP contribution in [-0.2, 0) is 10.2 Å². The van der Waals surface area contributed by atoms with E-state index in [9.17, 15) is 13.2 Å². The van der Waals surface area contributed by atoms with E-state index in [4.69, 9.17) is 10.8 Å². The lowest BCUT2D eigenvalue weighted by atomic mass is 10.1. The highest BCUT2D eigenvalue weighted by atomic mass is 32.2. The van der Waals surface area contributed by atoms with Gasteiger partial charge in [0.05, 0.1) is 11.3 Å². The average Bonchev–Trinajstić information content (AvgIpc) is 2.81. The Balaban J connectivity index is 2.32. The molecule has 1 heterocycles. The summed E-state index contributed by atoms with van der Waals surface area (Å²) in [6.45, 7) is 0.889. The van der Waals surface area contributed by atoms with Crippen LogP contribution in [0.25, 0.3) is 0 Å². The lowest BCUT2D eigenvalue weighted by Crippen LogP contribution is -2.33. The number of carbonyl (C=O) groups is 1. The van der Waals surface area contributed by atoms with Gasteiger partial charge in [0.2, 0.25) is 0 Å². The SMILES string of the molecule is Nc1ccc(C(=O)O)c(NS(=O)(=O)N2CCCC2)c1. The molecule has 0 aromatic heterocycles. The first-order chi connectivity index (χ1) is 8.90. The number of rotatable bonds is 4. The number of hydrogen-bond acceptors (Lipinski definition) is 4. The van der Waals surface area contributed by atoms with E-state index in [1.54, 1.807) is 0 Å². The molecule has 1 aromatic carbocycles. The van der Waals surface area contributed by atoms with Gasteiger partial charge in [-0.3, -0.25) is 4.72 Å². The van der Waals surface area contributed by atoms with Gasteiger partial charge in [0, 0.05) is 18.8 Å². The molecule has 1 aromatic rings. The van der Waals surface area contributed by atoms with E-state index in [1.165, 1.54) is 22.5 Å². The fourth-order valence-corrected chi connectivity index (χ4v) is 3.28. The van der Waals surface area contributed by atoms with Crippen molar-refractivity contribution < 1.29 is 18.3 Å². The largest absolute Gasteiger partial charge is 0.478 e. The summed E-state index contributed by atoms with van der Waals surface area (Å²) in [6, 6.07) is 3.99. The predicted molar refractivity (Wildman–Crippen MR) is 71.2 cm³/mol. The Bertz CT molecular complexity index is 594. The number of aromatic carboxylic acids is 1. The number of nitrogens with one attached hydrogen (secondary N) is 1. The summed E-state index contributed by atoms with van der Waals surface area (Å²) >= 11 is 0. The molecule has 1 fully saturated rings. The zero-order valence-corrected chi connectivity index (χ0v) is 11.0. The summed E-state index contributed by atoms with van der Waals surface area (Å²) in [6.07, 6.45) is 1.62. The molecule has 0 radical (unpaired) electrons. The fourth-order valence-electron chi connectivity index (χ4n) is 1.96. The van der Waals surface area contributed by atoms with Crippen LogP contribution in [0.3, 0.4) is 0 Å². The maximum absolute atomic E-state index is 12.1. The first kappa shape index (κ1) is 13.6. The van der Waals surface area contributed by atoms with Gasteiger partial charge in [0.1, 0.15) is 0 Å². The fraction of sp³-hybridized carbons (Fsp3) is 0.364. The van der Waals surface area contributed by atoms with Crippen molar-refractivity contribution in [3.8, 4) is 0 Å². The summed E-state index contributed by atoms with van der Waals surface area (Å²) < 4.78 is 27.7. The second-order valence-corrected chi connectivity index (χ2v) is 5.99. The van der Waals surface area contributed by atoms with Crippen LogP contribution in [0, 0.1) is 0 Å². The van der Waals surface area contributed by atoms with Crippen LogP contribution < -0.4 is 10.5 Å². The van der Waals surface area contributed by atoms with E-state index >= 15 is 0 Å². The van der Waals surface area contributed by atoms with Gasteiger partial charge in [0.25, 0.3) is 0 Å². The van der Waals surface area contributed by atoms with Crippen molar-refractivity contribution in [2.45, 2.75) is 12.8 Å². The topological polar surface area (TPSA) is 113 Å². The first-order valence-corrected chi connectivity index (χ1v) is 7.25. The van der Waals surface area contributed by atoms with Crippen LogP contribution in [0.15, 0.2) is 18.2 Å². The smallest absolute Gasteiger partial charge is 0.337 e. The molecule has 104 valence electrons. The molecular weight excluding hydrogens is 270 g/mol. The van der Waals surface area contributed by atoms with E-state index in [2.05, 4.69) is 4.72 Å². The Morgan fingerprint density at radius 1 is 1.32 bits per heavy atom. The molecule has 1 saturated heterocycles. The van der Waals surface area contributed by atoms with Gasteiger partial charge < -0.3 is 10.8 Å². The van der Waals surface area contributed by atoms with Gasteiger partial charge in [-0.15, -0.1) is 0 Å². The molecule has 4 N–H and O–H groups in total. The molecule has 19 heavy (non-hydrogen) atoms. The quantitative estimate of drug-likeness (QED) is 0.705. The Morgan fingerprint density at radius 2 is 1.95 bits per heavy atom. The molecule has 0 aliphatic carbocycles. The maximum atomic E-state index is 12.1. The number of benzene rings is 1. The molecule has 0 amide bonds. The first-order valence-electron chi connectivity index (χ1n) is 5.81. The number of nitrogens with zero attached hydrogens (tertiary/aromatic N) is 1. The standard InChI is InChI=1S/C11H15N3O4S/c12-8-3-4-9(11(15)16)10(7-8)13-19(17,18)14-5-1-2-6-14/h3-4,7,13H,1-2,5-6,12H2,(H,15,16). The van der Waals surface area contributed by atoms with Crippen LogP contribution in [-0.4, -0.2) is 36.9 Å². The zero-order chi connectivity index (χ0) is 14.0. The summed E-state index contributed by atoms with van der Waals surface area (Å²) in [4.78, 5) is 11.1. The van der Waals surface area contributed by atoms with Gasteiger partial charge in [0.15, 0.2) is 0 Å². The normalized spacial score (nSPS) is 16.4. The summed E-state index contributed by atoms with van der Waals surface area (Å²) in [5.41, 5.74) is 5.71. The minimum atomic E-state index is -3.72. The van der Waals surface area contributed by atoms with Crippen LogP contribution in [0.5, 0.6) is 0 Å². The minimum absolute atomic E-state index is 0.0144. The lowest BCUT2D eigenvalue weighted by Gasteiger charge is -2.18. The number of nitrogens with two attached hydrogens (primary N) is 1. The molecule has 8 heteroatoms. The van der Waals surface area contributed by atoms with Crippen molar-refractivity contribution in [3.05, 3.63) is 23.8 Å². The molecule has 2 rings (SSSR count). The van der Waals surface area contributed by atoms with Crippen LogP contribution in [0.2, 0.25) is 0 Å². The molecule has 0 spiro atoms. The molecule has 0 atom stereocenters.